The summed E-state index contributed by atoms with van der Waals surface area (Å²) in [5.74, 6) is 1.76. The third-order valence-electron chi connectivity index (χ3n) is 5.49. The molecule has 1 fully saturated rings. The Kier molecular flexibility index (Phi) is 5.28. The van der Waals surface area contributed by atoms with Gasteiger partial charge in [-0.1, -0.05) is 0 Å². The average Bonchev–Trinajstić information content (AvgIpc) is 2.88. The fourth-order valence-electron chi connectivity index (χ4n) is 3.92. The summed E-state index contributed by atoms with van der Waals surface area (Å²) < 4.78 is 51.2. The number of hydrogen-bond acceptors (Lipinski definition) is 5. The number of nitrogens with zero attached hydrogens (tertiary/aromatic N) is 3. The molecule has 4 rings (SSSR count). The van der Waals surface area contributed by atoms with Gasteiger partial charge in [-0.15, -0.1) is 0 Å². The van der Waals surface area contributed by atoms with Crippen LogP contribution in [0.15, 0.2) is 41.4 Å². The van der Waals surface area contributed by atoms with E-state index >= 15 is 0 Å². The molecule has 0 saturated carbocycles. The molecule has 164 valence electrons. The minimum absolute atomic E-state index is 0.0134. The van der Waals surface area contributed by atoms with Gasteiger partial charge in [-0.3, -0.25) is 4.79 Å². The molecule has 0 bridgehead atoms. The first-order chi connectivity index (χ1) is 14.7. The lowest BCUT2D eigenvalue weighted by molar-refractivity contribution is -0.137. The van der Waals surface area contributed by atoms with E-state index < -0.39 is 11.7 Å². The number of ether oxygens (including phenoxy) is 2. The number of alkyl halides is 3. The van der Waals surface area contributed by atoms with E-state index in [4.69, 9.17) is 9.47 Å². The third kappa shape index (κ3) is 4.04. The molecule has 2 aromatic carbocycles. The van der Waals surface area contributed by atoms with E-state index in [1.807, 2.05) is 11.8 Å². The van der Waals surface area contributed by atoms with Gasteiger partial charge in [0.15, 0.2) is 5.75 Å². The van der Waals surface area contributed by atoms with Crippen LogP contribution in [0.1, 0.15) is 25.0 Å². The van der Waals surface area contributed by atoms with Crippen LogP contribution in [-0.2, 0) is 11.0 Å². The highest BCUT2D eigenvalue weighted by Crippen LogP contribution is 2.42. The average molecular weight is 433 g/mol. The smallest absolute Gasteiger partial charge is 0.416 e. The van der Waals surface area contributed by atoms with Crippen LogP contribution in [0.5, 0.6) is 17.2 Å². The van der Waals surface area contributed by atoms with Gasteiger partial charge in [0.1, 0.15) is 23.0 Å². The summed E-state index contributed by atoms with van der Waals surface area (Å²) in [7, 11) is 1.54. The molecule has 0 aliphatic carbocycles. The Morgan fingerprint density at radius 3 is 2.55 bits per heavy atom. The highest BCUT2D eigenvalue weighted by atomic mass is 19.4. The summed E-state index contributed by atoms with van der Waals surface area (Å²) in [6, 6.07) is 8.38. The Hall–Kier alpha value is -3.23. The van der Waals surface area contributed by atoms with E-state index in [0.717, 1.165) is 12.1 Å². The lowest BCUT2D eigenvalue weighted by Crippen LogP contribution is -2.55. The first kappa shape index (κ1) is 21.0. The number of carbonyl (C=O) groups excluding carboxylic acids is 1. The second-order valence-corrected chi connectivity index (χ2v) is 7.59. The van der Waals surface area contributed by atoms with Crippen LogP contribution in [0.4, 0.5) is 18.9 Å². The van der Waals surface area contributed by atoms with Crippen molar-refractivity contribution in [3.8, 4) is 17.2 Å². The van der Waals surface area contributed by atoms with Crippen molar-refractivity contribution in [3.63, 3.8) is 0 Å². The molecule has 1 amide bonds. The van der Waals surface area contributed by atoms with Crippen molar-refractivity contribution in [2.45, 2.75) is 26.1 Å². The number of aliphatic imine (C=N–C) groups is 1. The number of amides is 1. The largest absolute Gasteiger partial charge is 0.497 e. The van der Waals surface area contributed by atoms with Crippen LogP contribution in [0.2, 0.25) is 0 Å². The van der Waals surface area contributed by atoms with Crippen LogP contribution in [-0.4, -0.2) is 54.3 Å². The summed E-state index contributed by atoms with van der Waals surface area (Å²) in [6.07, 6.45) is -4.49. The molecule has 1 saturated heterocycles. The molecule has 0 aromatic heterocycles. The predicted octanol–water partition coefficient (Wildman–Crippen LogP) is 4.45. The van der Waals surface area contributed by atoms with Crippen molar-refractivity contribution in [1.82, 2.24) is 9.80 Å². The summed E-state index contributed by atoms with van der Waals surface area (Å²) >= 11 is 0. The van der Waals surface area contributed by atoms with Crippen LogP contribution in [0, 0.1) is 0 Å². The van der Waals surface area contributed by atoms with Gasteiger partial charge in [0.25, 0.3) is 0 Å². The normalized spacial score (nSPS) is 18.4. The Labute approximate surface area is 177 Å². The molecule has 31 heavy (non-hydrogen) atoms. The van der Waals surface area contributed by atoms with Crippen LogP contribution in [0.3, 0.4) is 0 Å². The first-order valence-electron chi connectivity index (χ1n) is 9.85. The van der Waals surface area contributed by atoms with Crippen LogP contribution in [0.25, 0.3) is 0 Å². The van der Waals surface area contributed by atoms with Crippen LogP contribution >= 0.6 is 0 Å². The van der Waals surface area contributed by atoms with Gasteiger partial charge in [-0.2, -0.15) is 13.2 Å². The van der Waals surface area contributed by atoms with Gasteiger partial charge >= 0.3 is 6.18 Å². The number of fused-ring (bicyclic) bond motifs is 2. The van der Waals surface area contributed by atoms with Crippen molar-refractivity contribution in [2.24, 2.45) is 4.99 Å². The zero-order valence-corrected chi connectivity index (χ0v) is 17.4. The maximum Gasteiger partial charge on any atom is 0.416 e. The number of piperazine rings is 1. The van der Waals surface area contributed by atoms with Crippen molar-refractivity contribution < 1.29 is 27.4 Å². The minimum Gasteiger partial charge on any atom is -0.497 e. The maximum atomic E-state index is 13.3. The highest BCUT2D eigenvalue weighted by Gasteiger charge is 2.34. The predicted molar refractivity (Wildman–Crippen MR) is 109 cm³/mol. The van der Waals surface area contributed by atoms with Gasteiger partial charge < -0.3 is 19.3 Å². The Morgan fingerprint density at radius 2 is 1.90 bits per heavy atom. The van der Waals surface area contributed by atoms with Crippen LogP contribution < -0.4 is 9.47 Å². The van der Waals surface area contributed by atoms with E-state index in [9.17, 15) is 18.0 Å². The molecule has 1 atom stereocenters. The fraction of sp³-hybridized carbons (Fsp3) is 0.364. The fourth-order valence-corrected chi connectivity index (χ4v) is 3.92. The molecular weight excluding hydrogens is 411 g/mol. The van der Waals surface area contributed by atoms with Crippen molar-refractivity contribution in [1.29, 1.82) is 0 Å². The summed E-state index contributed by atoms with van der Waals surface area (Å²) in [5.41, 5.74) is -0.0783. The monoisotopic (exact) mass is 433 g/mol. The van der Waals surface area contributed by atoms with E-state index in [1.165, 1.54) is 20.1 Å². The summed E-state index contributed by atoms with van der Waals surface area (Å²) in [4.78, 5) is 20.2. The van der Waals surface area contributed by atoms with Gasteiger partial charge in [0, 0.05) is 32.6 Å². The second kappa shape index (κ2) is 7.79. The third-order valence-corrected chi connectivity index (χ3v) is 5.49. The SMILES string of the molecule is COc1ccc2c(c1)C(N1CCN(C(C)=O)C(C)C1)=Nc1cc(C(F)(F)F)ccc1O2. The quantitative estimate of drug-likeness (QED) is 0.667. The number of halogens is 3. The number of rotatable bonds is 1. The number of benzene rings is 2. The highest BCUT2D eigenvalue weighted by molar-refractivity contribution is 6.04. The molecule has 2 aliphatic heterocycles. The zero-order valence-electron chi connectivity index (χ0n) is 17.4. The minimum atomic E-state index is -4.49. The van der Waals surface area contributed by atoms with Gasteiger partial charge in [0.2, 0.25) is 5.91 Å². The molecule has 1 unspecified atom stereocenters. The standard InChI is InChI=1S/C22H22F3N3O3/c1-13-12-27(8-9-28(13)14(2)29)21-17-11-16(30-3)5-7-19(17)31-20-6-4-15(22(23,24)25)10-18(20)26-21/h4-7,10-11,13H,8-9,12H2,1-3H3. The van der Waals surface area contributed by atoms with E-state index in [0.29, 0.717) is 42.5 Å². The lowest BCUT2D eigenvalue weighted by atomic mass is 10.1. The Morgan fingerprint density at radius 1 is 1.16 bits per heavy atom. The molecule has 0 N–H and O–H groups in total. The van der Waals surface area contributed by atoms with E-state index in [2.05, 4.69) is 4.99 Å². The number of carbonyl (C=O) groups is 1. The van der Waals surface area contributed by atoms with Gasteiger partial charge in [-0.25, -0.2) is 4.99 Å². The van der Waals surface area contributed by atoms with E-state index in [-0.39, 0.29) is 23.4 Å². The molecule has 9 heteroatoms. The van der Waals surface area contributed by atoms with Crippen molar-refractivity contribution in [2.75, 3.05) is 26.7 Å². The van der Waals surface area contributed by atoms with Crippen molar-refractivity contribution >= 4 is 17.4 Å². The number of methoxy groups -OCH3 is 1. The molecule has 0 radical (unpaired) electrons. The molecule has 2 aliphatic rings. The second-order valence-electron chi connectivity index (χ2n) is 7.59. The van der Waals surface area contributed by atoms with Gasteiger partial charge in [0.05, 0.1) is 18.2 Å². The maximum absolute atomic E-state index is 13.3. The molecular formula is C22H22F3N3O3. The summed E-state index contributed by atoms with van der Waals surface area (Å²) in [6.45, 7) is 4.93. The Bertz CT molecular complexity index is 1050. The topological polar surface area (TPSA) is 54.4 Å². The van der Waals surface area contributed by atoms with Crippen molar-refractivity contribution in [3.05, 3.63) is 47.5 Å². The molecule has 2 aromatic rings. The Balaban J connectivity index is 1.82. The first-order valence-corrected chi connectivity index (χ1v) is 9.85. The summed E-state index contributed by atoms with van der Waals surface area (Å²) in [5, 5.41) is 0. The zero-order chi connectivity index (χ0) is 22.3. The molecule has 6 nitrogen and oxygen atoms in total. The molecule has 2 heterocycles. The van der Waals surface area contributed by atoms with Gasteiger partial charge in [-0.05, 0) is 43.3 Å². The lowest BCUT2D eigenvalue weighted by Gasteiger charge is -2.40. The number of amidine groups is 1. The molecule has 0 spiro atoms. The van der Waals surface area contributed by atoms with E-state index in [1.54, 1.807) is 23.1 Å². The number of hydrogen-bond donors (Lipinski definition) is 0.